The highest BCUT2D eigenvalue weighted by Gasteiger charge is 2.41. The summed E-state index contributed by atoms with van der Waals surface area (Å²) in [5.74, 6) is 0. The molecule has 3 heterocycles. The second-order valence-electron chi connectivity index (χ2n) is 10.6. The van der Waals surface area contributed by atoms with Crippen molar-refractivity contribution in [1.29, 1.82) is 0 Å². The van der Waals surface area contributed by atoms with Gasteiger partial charge in [-0.3, -0.25) is 0 Å². The van der Waals surface area contributed by atoms with Crippen molar-refractivity contribution < 1.29 is 0 Å². The SMILES string of the molecule is [C-]#[N+]c1cc2cc(c1)C(C)(C)c1ccn(n1)-c1cccc(c1)C(C)(C)C(C)(C)c1ccn-2n1. The van der Waals surface area contributed by atoms with E-state index in [1.165, 1.54) is 5.56 Å². The predicted octanol–water partition coefficient (Wildman–Crippen LogP) is 6.50. The van der Waals surface area contributed by atoms with Crippen LogP contribution in [-0.4, -0.2) is 19.6 Å². The van der Waals surface area contributed by atoms with Crippen LogP contribution in [0.2, 0.25) is 0 Å². The maximum absolute atomic E-state index is 7.67. The third kappa shape index (κ3) is 3.13. The number of rotatable bonds is 0. The van der Waals surface area contributed by atoms with E-state index in [0.717, 1.165) is 28.3 Å². The van der Waals surface area contributed by atoms with Crippen LogP contribution in [0.3, 0.4) is 0 Å². The van der Waals surface area contributed by atoms with E-state index in [-0.39, 0.29) is 16.2 Å². The molecule has 5 rings (SSSR count). The van der Waals surface area contributed by atoms with Gasteiger partial charge in [0.2, 0.25) is 0 Å². The minimum absolute atomic E-state index is 0.193. The van der Waals surface area contributed by atoms with Crippen molar-refractivity contribution in [1.82, 2.24) is 19.6 Å². The normalized spacial score (nSPS) is 17.5. The van der Waals surface area contributed by atoms with Crippen molar-refractivity contribution in [2.45, 2.75) is 57.8 Å². The van der Waals surface area contributed by atoms with Gasteiger partial charge >= 0.3 is 0 Å². The van der Waals surface area contributed by atoms with Gasteiger partial charge in [0.25, 0.3) is 0 Å². The number of hydrogen-bond acceptors (Lipinski definition) is 2. The van der Waals surface area contributed by atoms with Gasteiger partial charge < -0.3 is 0 Å². The zero-order valence-corrected chi connectivity index (χ0v) is 20.1. The Kier molecular flexibility index (Phi) is 4.45. The van der Waals surface area contributed by atoms with Crippen LogP contribution in [0.25, 0.3) is 16.2 Å². The van der Waals surface area contributed by atoms with Crippen molar-refractivity contribution >= 4 is 5.69 Å². The van der Waals surface area contributed by atoms with Crippen LogP contribution in [0.5, 0.6) is 0 Å². The molecule has 4 aromatic rings. The second-order valence-corrected chi connectivity index (χ2v) is 10.6. The molecule has 166 valence electrons. The lowest BCUT2D eigenvalue weighted by Gasteiger charge is -2.41. The molecule has 0 atom stereocenters. The molecule has 0 radical (unpaired) electrons. The van der Waals surface area contributed by atoms with E-state index in [2.05, 4.69) is 88.9 Å². The Hall–Kier alpha value is -3.65. The van der Waals surface area contributed by atoms with E-state index in [9.17, 15) is 0 Å². The zero-order chi connectivity index (χ0) is 23.6. The fourth-order valence-corrected chi connectivity index (χ4v) is 4.62. The van der Waals surface area contributed by atoms with Crippen molar-refractivity contribution in [2.24, 2.45) is 0 Å². The van der Waals surface area contributed by atoms with E-state index in [1.807, 2.05) is 33.9 Å². The molecule has 0 saturated heterocycles. The molecular formula is C28H29N5. The van der Waals surface area contributed by atoms with E-state index < -0.39 is 0 Å². The van der Waals surface area contributed by atoms with Gasteiger partial charge in [0.1, 0.15) is 0 Å². The Morgan fingerprint density at radius 3 is 2.06 bits per heavy atom. The molecule has 1 aliphatic rings. The predicted molar refractivity (Wildman–Crippen MR) is 132 cm³/mol. The smallest absolute Gasteiger partial charge is 0.189 e. The summed E-state index contributed by atoms with van der Waals surface area (Å²) in [5.41, 5.74) is 5.95. The molecular weight excluding hydrogens is 406 g/mol. The summed E-state index contributed by atoms with van der Waals surface area (Å²) in [4.78, 5) is 3.75. The summed E-state index contributed by atoms with van der Waals surface area (Å²) < 4.78 is 3.85. The van der Waals surface area contributed by atoms with E-state index in [0.29, 0.717) is 5.69 Å². The van der Waals surface area contributed by atoms with Crippen LogP contribution < -0.4 is 0 Å². The zero-order valence-electron chi connectivity index (χ0n) is 20.1. The van der Waals surface area contributed by atoms with E-state index in [4.69, 9.17) is 16.8 Å². The first-order chi connectivity index (χ1) is 15.5. The fourth-order valence-electron chi connectivity index (χ4n) is 4.62. The first kappa shape index (κ1) is 21.2. The Morgan fingerprint density at radius 1 is 0.697 bits per heavy atom. The minimum atomic E-state index is -0.382. The number of hydrogen-bond donors (Lipinski definition) is 0. The molecule has 33 heavy (non-hydrogen) atoms. The maximum Gasteiger partial charge on any atom is 0.189 e. The van der Waals surface area contributed by atoms with Gasteiger partial charge in [0.05, 0.1) is 29.3 Å². The quantitative estimate of drug-likeness (QED) is 0.296. The van der Waals surface area contributed by atoms with Gasteiger partial charge in [-0.1, -0.05) is 59.7 Å². The molecule has 0 amide bonds. The van der Waals surface area contributed by atoms with Crippen LogP contribution in [0.1, 0.15) is 64.1 Å². The van der Waals surface area contributed by atoms with Gasteiger partial charge in [0.15, 0.2) is 5.69 Å². The molecule has 0 N–H and O–H groups in total. The topological polar surface area (TPSA) is 40.0 Å². The van der Waals surface area contributed by atoms with Gasteiger partial charge in [-0.15, -0.1) is 0 Å². The highest BCUT2D eigenvalue weighted by Crippen LogP contribution is 2.44. The standard InChI is InChI=1S/C28H29N5/c1-26(2)20-15-21(29-7)18-23(17-20)33-14-12-25(31-33)28(5,6)27(3,4)19-9-8-10-22(16-19)32-13-11-24(26)30-32/h8-18H,1-6H3. The molecule has 0 saturated carbocycles. The molecule has 0 fully saturated rings. The number of fused-ring (bicyclic) bond motifs is 10. The molecule has 0 aliphatic carbocycles. The van der Waals surface area contributed by atoms with Crippen LogP contribution in [0.15, 0.2) is 67.0 Å². The summed E-state index contributed by atoms with van der Waals surface area (Å²) in [7, 11) is 0. The molecule has 0 unspecified atom stereocenters. The average molecular weight is 436 g/mol. The molecule has 2 aromatic heterocycles. The molecule has 5 heteroatoms. The third-order valence-corrected chi connectivity index (χ3v) is 7.87. The Labute approximate surface area is 195 Å². The summed E-state index contributed by atoms with van der Waals surface area (Å²) in [6.45, 7) is 21.0. The summed E-state index contributed by atoms with van der Waals surface area (Å²) >= 11 is 0. The Bertz CT molecular complexity index is 1410. The van der Waals surface area contributed by atoms with Gasteiger partial charge in [-0.2, -0.15) is 10.2 Å². The van der Waals surface area contributed by atoms with Crippen LogP contribution in [0, 0.1) is 6.57 Å². The highest BCUT2D eigenvalue weighted by molar-refractivity contribution is 5.57. The summed E-state index contributed by atoms with van der Waals surface area (Å²) in [6, 6.07) is 18.8. The third-order valence-electron chi connectivity index (χ3n) is 7.87. The van der Waals surface area contributed by atoms with Crippen LogP contribution >= 0.6 is 0 Å². The van der Waals surface area contributed by atoms with Crippen molar-refractivity contribution in [2.75, 3.05) is 0 Å². The van der Waals surface area contributed by atoms with Crippen molar-refractivity contribution in [3.8, 4) is 11.4 Å². The number of benzene rings is 2. The van der Waals surface area contributed by atoms with Gasteiger partial charge in [0, 0.05) is 28.6 Å². The lowest BCUT2D eigenvalue weighted by atomic mass is 9.62. The Morgan fingerprint density at radius 2 is 1.33 bits per heavy atom. The minimum Gasteiger partial charge on any atom is -0.242 e. The van der Waals surface area contributed by atoms with Gasteiger partial charge in [-0.25, -0.2) is 14.2 Å². The second kappa shape index (κ2) is 6.92. The molecule has 0 spiro atoms. The fraction of sp³-hybridized carbons (Fsp3) is 0.321. The van der Waals surface area contributed by atoms with Crippen molar-refractivity contribution in [3.05, 3.63) is 101 Å². The lowest BCUT2D eigenvalue weighted by Crippen LogP contribution is -2.40. The molecule has 2 aromatic carbocycles. The first-order valence-corrected chi connectivity index (χ1v) is 11.3. The average Bonchev–Trinajstić information content (AvgIpc) is 3.49. The van der Waals surface area contributed by atoms with Crippen LogP contribution in [-0.2, 0) is 16.2 Å². The van der Waals surface area contributed by atoms with Gasteiger partial charge in [-0.05, 0) is 47.5 Å². The number of nitrogens with zero attached hydrogens (tertiary/aromatic N) is 5. The monoisotopic (exact) mass is 435 g/mol. The number of aromatic nitrogens is 4. The summed E-state index contributed by atoms with van der Waals surface area (Å²) in [6.07, 6.45) is 4.03. The van der Waals surface area contributed by atoms with Crippen molar-refractivity contribution in [3.63, 3.8) is 0 Å². The molecule has 8 bridgehead atoms. The summed E-state index contributed by atoms with van der Waals surface area (Å²) in [5, 5.41) is 9.98. The maximum atomic E-state index is 7.67. The molecule has 5 nitrogen and oxygen atoms in total. The van der Waals surface area contributed by atoms with E-state index in [1.54, 1.807) is 0 Å². The van der Waals surface area contributed by atoms with Crippen LogP contribution in [0.4, 0.5) is 5.69 Å². The lowest BCUT2D eigenvalue weighted by molar-refractivity contribution is 0.294. The largest absolute Gasteiger partial charge is 0.242 e. The molecule has 1 aliphatic heterocycles. The first-order valence-electron chi connectivity index (χ1n) is 11.3. The van der Waals surface area contributed by atoms with E-state index >= 15 is 0 Å². The Balaban J connectivity index is 1.84. The highest BCUT2D eigenvalue weighted by atomic mass is 15.3.